The smallest absolute Gasteiger partial charge is 0.305 e. The average Bonchev–Trinajstić information content (AvgIpc) is 3.67. The second-order valence-corrected chi connectivity index (χ2v) is 8.01. The summed E-state index contributed by atoms with van der Waals surface area (Å²) in [6.45, 7) is 0.346. The number of aryl methyl sites for hydroxylation is 1. The lowest BCUT2D eigenvalue weighted by Gasteiger charge is -2.09. The van der Waals surface area contributed by atoms with Crippen LogP contribution in [-0.4, -0.2) is 30.3 Å². The van der Waals surface area contributed by atoms with Gasteiger partial charge in [-0.05, 0) is 61.9 Å². The monoisotopic (exact) mass is 451 g/mol. The van der Waals surface area contributed by atoms with Crippen LogP contribution in [0, 0.1) is 5.92 Å². The van der Waals surface area contributed by atoms with Crippen molar-refractivity contribution < 1.29 is 23.9 Å². The first kappa shape index (κ1) is 24.0. The molecule has 1 fully saturated rings. The predicted octanol–water partition coefficient (Wildman–Crippen LogP) is 3.14. The molecule has 0 saturated heterocycles. The Kier molecular flexibility index (Phi) is 8.99. The van der Waals surface area contributed by atoms with Crippen molar-refractivity contribution >= 4 is 29.4 Å². The first-order valence-corrected chi connectivity index (χ1v) is 11.2. The number of amides is 3. The molecule has 1 saturated carbocycles. The SMILES string of the molecule is O=C(CCCC(=O)OCCCc1ccccc1)NNC(=O)c1ccc(NC(=O)C2CC2)cc1. The van der Waals surface area contributed by atoms with Crippen LogP contribution in [0.25, 0.3) is 0 Å². The van der Waals surface area contributed by atoms with E-state index in [1.165, 1.54) is 5.56 Å². The van der Waals surface area contributed by atoms with Crippen LogP contribution in [0.3, 0.4) is 0 Å². The van der Waals surface area contributed by atoms with Gasteiger partial charge in [-0.3, -0.25) is 30.0 Å². The normalized spacial score (nSPS) is 12.5. The summed E-state index contributed by atoms with van der Waals surface area (Å²) in [5.74, 6) is -1.11. The van der Waals surface area contributed by atoms with Crippen molar-refractivity contribution in [2.75, 3.05) is 11.9 Å². The Labute approximate surface area is 193 Å². The Morgan fingerprint density at radius 2 is 1.58 bits per heavy atom. The van der Waals surface area contributed by atoms with Crippen molar-refractivity contribution in [1.82, 2.24) is 10.9 Å². The second-order valence-electron chi connectivity index (χ2n) is 8.01. The standard InChI is InChI=1S/C25H29N3O5/c29-22(9-4-10-23(30)33-17-5-8-18-6-2-1-3-7-18)27-28-25(32)20-13-15-21(16-14-20)26-24(31)19-11-12-19/h1-3,6-7,13-16,19H,4-5,8-12,17H2,(H,26,31)(H,27,29)(H,28,32). The lowest BCUT2D eigenvalue weighted by atomic mass is 10.1. The molecular weight excluding hydrogens is 422 g/mol. The van der Waals surface area contributed by atoms with E-state index in [0.29, 0.717) is 24.3 Å². The largest absolute Gasteiger partial charge is 0.466 e. The zero-order chi connectivity index (χ0) is 23.5. The molecule has 0 unspecified atom stereocenters. The zero-order valence-electron chi connectivity index (χ0n) is 18.5. The summed E-state index contributed by atoms with van der Waals surface area (Å²) in [6.07, 6.45) is 3.98. The quantitative estimate of drug-likeness (QED) is 0.276. The van der Waals surface area contributed by atoms with E-state index >= 15 is 0 Å². The van der Waals surface area contributed by atoms with Crippen molar-refractivity contribution in [3.05, 3.63) is 65.7 Å². The Bertz CT molecular complexity index is 956. The molecule has 174 valence electrons. The molecule has 8 heteroatoms. The van der Waals surface area contributed by atoms with Gasteiger partial charge in [0.25, 0.3) is 5.91 Å². The van der Waals surface area contributed by atoms with Crippen LogP contribution in [-0.2, 0) is 25.5 Å². The third kappa shape index (κ3) is 8.76. The number of carbonyl (C=O) groups excluding carboxylic acids is 4. The maximum atomic E-state index is 12.1. The topological polar surface area (TPSA) is 114 Å². The van der Waals surface area contributed by atoms with E-state index < -0.39 is 11.8 Å². The third-order valence-corrected chi connectivity index (χ3v) is 5.18. The number of esters is 1. The van der Waals surface area contributed by atoms with E-state index in [4.69, 9.17) is 4.74 Å². The molecule has 0 bridgehead atoms. The molecule has 0 aliphatic heterocycles. The van der Waals surface area contributed by atoms with E-state index in [9.17, 15) is 19.2 Å². The highest BCUT2D eigenvalue weighted by Gasteiger charge is 2.29. The molecule has 0 aromatic heterocycles. The highest BCUT2D eigenvalue weighted by atomic mass is 16.5. The molecule has 3 amide bonds. The van der Waals surface area contributed by atoms with Gasteiger partial charge in [0.2, 0.25) is 11.8 Å². The van der Waals surface area contributed by atoms with E-state index in [1.54, 1.807) is 24.3 Å². The summed E-state index contributed by atoms with van der Waals surface area (Å²) in [6, 6.07) is 16.4. The summed E-state index contributed by atoms with van der Waals surface area (Å²) in [5, 5.41) is 2.80. The minimum atomic E-state index is -0.471. The van der Waals surface area contributed by atoms with Crippen LogP contribution in [0.5, 0.6) is 0 Å². The van der Waals surface area contributed by atoms with Crippen molar-refractivity contribution in [2.24, 2.45) is 5.92 Å². The van der Waals surface area contributed by atoms with Gasteiger partial charge >= 0.3 is 5.97 Å². The summed E-state index contributed by atoms with van der Waals surface area (Å²) in [4.78, 5) is 47.6. The molecule has 3 rings (SSSR count). The van der Waals surface area contributed by atoms with Gasteiger partial charge in [-0.15, -0.1) is 0 Å². The Morgan fingerprint density at radius 3 is 2.27 bits per heavy atom. The first-order valence-electron chi connectivity index (χ1n) is 11.2. The Balaban J connectivity index is 1.24. The molecule has 2 aromatic rings. The number of hydrogen-bond acceptors (Lipinski definition) is 5. The number of carbonyl (C=O) groups is 4. The molecule has 0 radical (unpaired) electrons. The number of ether oxygens (including phenoxy) is 1. The minimum Gasteiger partial charge on any atom is -0.466 e. The number of rotatable bonds is 11. The summed E-state index contributed by atoms with van der Waals surface area (Å²) < 4.78 is 5.19. The fourth-order valence-corrected chi connectivity index (χ4v) is 3.13. The minimum absolute atomic E-state index is 0.00414. The van der Waals surface area contributed by atoms with Crippen molar-refractivity contribution in [2.45, 2.75) is 44.9 Å². The van der Waals surface area contributed by atoms with Gasteiger partial charge in [-0.2, -0.15) is 0 Å². The van der Waals surface area contributed by atoms with Crippen molar-refractivity contribution in [3.63, 3.8) is 0 Å². The number of hydrogen-bond donors (Lipinski definition) is 3. The fourth-order valence-electron chi connectivity index (χ4n) is 3.13. The lowest BCUT2D eigenvalue weighted by Crippen LogP contribution is -2.41. The van der Waals surface area contributed by atoms with E-state index in [2.05, 4.69) is 16.2 Å². The molecule has 1 aliphatic carbocycles. The maximum Gasteiger partial charge on any atom is 0.305 e. The van der Waals surface area contributed by atoms with E-state index in [0.717, 1.165) is 25.7 Å². The molecule has 3 N–H and O–H groups in total. The van der Waals surface area contributed by atoms with Crippen molar-refractivity contribution in [1.29, 1.82) is 0 Å². The summed E-state index contributed by atoms with van der Waals surface area (Å²) in [5.41, 5.74) is 6.84. The van der Waals surface area contributed by atoms with Crippen LogP contribution in [0.15, 0.2) is 54.6 Å². The highest BCUT2D eigenvalue weighted by molar-refractivity contribution is 5.97. The number of hydrazine groups is 1. The zero-order valence-corrected chi connectivity index (χ0v) is 18.5. The van der Waals surface area contributed by atoms with Gasteiger partial charge in [0, 0.05) is 30.0 Å². The number of benzene rings is 2. The van der Waals surface area contributed by atoms with Crippen LogP contribution >= 0.6 is 0 Å². The third-order valence-electron chi connectivity index (χ3n) is 5.18. The molecule has 8 nitrogen and oxygen atoms in total. The lowest BCUT2D eigenvalue weighted by molar-refractivity contribution is -0.143. The van der Waals surface area contributed by atoms with E-state index in [-0.39, 0.29) is 30.6 Å². The molecule has 33 heavy (non-hydrogen) atoms. The van der Waals surface area contributed by atoms with Gasteiger partial charge in [0.15, 0.2) is 0 Å². The molecule has 0 spiro atoms. The molecule has 1 aliphatic rings. The Hall–Kier alpha value is -3.68. The number of anilines is 1. The van der Waals surface area contributed by atoms with Crippen LogP contribution in [0.1, 0.15) is 54.4 Å². The highest BCUT2D eigenvalue weighted by Crippen LogP contribution is 2.30. The van der Waals surface area contributed by atoms with E-state index in [1.807, 2.05) is 30.3 Å². The number of nitrogens with one attached hydrogen (secondary N) is 3. The van der Waals surface area contributed by atoms with Gasteiger partial charge < -0.3 is 10.1 Å². The predicted molar refractivity (Wildman–Crippen MR) is 123 cm³/mol. The maximum absolute atomic E-state index is 12.1. The molecular formula is C25H29N3O5. The molecule has 2 aromatic carbocycles. The first-order chi connectivity index (χ1) is 16.0. The Morgan fingerprint density at radius 1 is 0.848 bits per heavy atom. The van der Waals surface area contributed by atoms with Crippen LogP contribution in [0.2, 0.25) is 0 Å². The van der Waals surface area contributed by atoms with Gasteiger partial charge in [0.05, 0.1) is 6.61 Å². The summed E-state index contributed by atoms with van der Waals surface area (Å²) >= 11 is 0. The molecule has 0 heterocycles. The summed E-state index contributed by atoms with van der Waals surface area (Å²) in [7, 11) is 0. The van der Waals surface area contributed by atoms with Crippen molar-refractivity contribution in [3.8, 4) is 0 Å². The average molecular weight is 452 g/mol. The van der Waals surface area contributed by atoms with Gasteiger partial charge in [-0.1, -0.05) is 30.3 Å². The van der Waals surface area contributed by atoms with Crippen LogP contribution < -0.4 is 16.2 Å². The van der Waals surface area contributed by atoms with Gasteiger partial charge in [0.1, 0.15) is 0 Å². The van der Waals surface area contributed by atoms with Gasteiger partial charge in [-0.25, -0.2) is 0 Å². The fraction of sp³-hybridized carbons (Fsp3) is 0.360. The van der Waals surface area contributed by atoms with Crippen LogP contribution in [0.4, 0.5) is 5.69 Å². The second kappa shape index (κ2) is 12.4. The molecule has 0 atom stereocenters.